The van der Waals surface area contributed by atoms with E-state index in [0.717, 1.165) is 24.9 Å². The first-order chi connectivity index (χ1) is 8.61. The summed E-state index contributed by atoms with van der Waals surface area (Å²) in [5.41, 5.74) is 8.09. The highest BCUT2D eigenvalue weighted by Gasteiger charge is 2.25. The fraction of sp³-hybridized carbons (Fsp3) is 0.600. The van der Waals surface area contributed by atoms with Crippen molar-refractivity contribution in [1.29, 1.82) is 0 Å². The number of hydrogen-bond acceptors (Lipinski definition) is 2. The van der Waals surface area contributed by atoms with Gasteiger partial charge in [0.1, 0.15) is 5.82 Å². The summed E-state index contributed by atoms with van der Waals surface area (Å²) in [4.78, 5) is 2.43. The number of rotatable bonds is 4. The van der Waals surface area contributed by atoms with E-state index in [4.69, 9.17) is 5.73 Å². The largest absolute Gasteiger partial charge is 0.368 e. The van der Waals surface area contributed by atoms with Crippen LogP contribution in [0.2, 0.25) is 0 Å². The Bertz CT molecular complexity index is 403. The molecule has 2 unspecified atom stereocenters. The molecule has 100 valence electrons. The Balaban J connectivity index is 2.30. The highest BCUT2D eigenvalue weighted by atomic mass is 19.1. The van der Waals surface area contributed by atoms with Crippen LogP contribution < -0.4 is 10.6 Å². The van der Waals surface area contributed by atoms with Crippen molar-refractivity contribution in [2.45, 2.75) is 51.6 Å². The Morgan fingerprint density at radius 2 is 2.28 bits per heavy atom. The van der Waals surface area contributed by atoms with Gasteiger partial charge in [-0.3, -0.25) is 0 Å². The molecule has 0 bridgehead atoms. The molecule has 1 aliphatic heterocycles. The summed E-state index contributed by atoms with van der Waals surface area (Å²) in [6, 6.07) is 5.78. The Kier molecular flexibility index (Phi) is 4.23. The summed E-state index contributed by atoms with van der Waals surface area (Å²) in [6.45, 7) is 5.27. The lowest BCUT2D eigenvalue weighted by molar-refractivity contribution is 0.616. The second kappa shape index (κ2) is 5.70. The minimum absolute atomic E-state index is 0.0632. The zero-order chi connectivity index (χ0) is 13.1. The molecule has 1 aliphatic rings. The average Bonchev–Trinajstić information content (AvgIpc) is 2.76. The third-order valence-electron chi connectivity index (χ3n) is 3.74. The summed E-state index contributed by atoms with van der Waals surface area (Å²) in [7, 11) is 0. The molecule has 1 fully saturated rings. The minimum atomic E-state index is -0.165. The fourth-order valence-corrected chi connectivity index (χ4v) is 2.92. The second-order valence-corrected chi connectivity index (χ2v) is 5.35. The molecule has 1 aromatic rings. The fourth-order valence-electron chi connectivity index (χ4n) is 2.92. The highest BCUT2D eigenvalue weighted by molar-refractivity contribution is 5.55. The van der Waals surface area contributed by atoms with Crippen molar-refractivity contribution in [3.05, 3.63) is 29.6 Å². The van der Waals surface area contributed by atoms with E-state index in [1.54, 1.807) is 12.1 Å². The standard InChI is InChI=1S/C15H23FN2/c1-3-14-5-4-8-18(14)15-7-6-13(16)10-12(15)9-11(2)17/h6-7,10-11,14H,3-5,8-9,17H2,1-2H3. The van der Waals surface area contributed by atoms with E-state index in [1.165, 1.54) is 18.5 Å². The van der Waals surface area contributed by atoms with Crippen LogP contribution in [0.1, 0.15) is 38.7 Å². The van der Waals surface area contributed by atoms with Gasteiger partial charge in [-0.2, -0.15) is 0 Å². The second-order valence-electron chi connectivity index (χ2n) is 5.35. The average molecular weight is 250 g/mol. The molecule has 2 nitrogen and oxygen atoms in total. The molecule has 1 saturated heterocycles. The normalized spacial score (nSPS) is 21.3. The molecule has 0 aromatic heterocycles. The summed E-state index contributed by atoms with van der Waals surface area (Å²) >= 11 is 0. The summed E-state index contributed by atoms with van der Waals surface area (Å²) in [6.07, 6.45) is 4.36. The number of hydrogen-bond donors (Lipinski definition) is 1. The van der Waals surface area contributed by atoms with Gasteiger partial charge in [-0.15, -0.1) is 0 Å². The smallest absolute Gasteiger partial charge is 0.123 e. The van der Waals surface area contributed by atoms with Crippen molar-refractivity contribution >= 4 is 5.69 Å². The van der Waals surface area contributed by atoms with Gasteiger partial charge in [-0.05, 0) is 56.4 Å². The van der Waals surface area contributed by atoms with Gasteiger partial charge in [-0.25, -0.2) is 4.39 Å². The van der Waals surface area contributed by atoms with Crippen LogP contribution in [-0.2, 0) is 6.42 Å². The third kappa shape index (κ3) is 2.83. The molecule has 2 atom stereocenters. The Hall–Kier alpha value is -1.09. The van der Waals surface area contributed by atoms with Crippen molar-refractivity contribution in [3.63, 3.8) is 0 Å². The van der Waals surface area contributed by atoms with Crippen LogP contribution in [-0.4, -0.2) is 18.6 Å². The molecule has 1 heterocycles. The van der Waals surface area contributed by atoms with Crippen LogP contribution in [0.5, 0.6) is 0 Å². The number of nitrogens with zero attached hydrogens (tertiary/aromatic N) is 1. The van der Waals surface area contributed by atoms with Crippen LogP contribution in [0, 0.1) is 5.82 Å². The predicted molar refractivity (Wildman–Crippen MR) is 74.4 cm³/mol. The summed E-state index contributed by atoms with van der Waals surface area (Å²) in [5, 5.41) is 0. The van der Waals surface area contributed by atoms with Crippen LogP contribution in [0.4, 0.5) is 10.1 Å². The van der Waals surface area contributed by atoms with Crippen molar-refractivity contribution in [2.24, 2.45) is 5.73 Å². The van der Waals surface area contributed by atoms with Gasteiger partial charge in [0.2, 0.25) is 0 Å². The molecule has 2 rings (SSSR count). The molecule has 0 aliphatic carbocycles. The van der Waals surface area contributed by atoms with Crippen molar-refractivity contribution in [1.82, 2.24) is 0 Å². The first-order valence-corrected chi connectivity index (χ1v) is 6.92. The Morgan fingerprint density at radius 1 is 1.50 bits per heavy atom. The first kappa shape index (κ1) is 13.3. The van der Waals surface area contributed by atoms with Gasteiger partial charge in [0, 0.05) is 24.3 Å². The van der Waals surface area contributed by atoms with E-state index < -0.39 is 0 Å². The number of benzene rings is 1. The Morgan fingerprint density at radius 3 is 2.94 bits per heavy atom. The van der Waals surface area contributed by atoms with E-state index in [9.17, 15) is 4.39 Å². The lowest BCUT2D eigenvalue weighted by Crippen LogP contribution is -2.30. The molecule has 0 radical (unpaired) electrons. The van der Waals surface area contributed by atoms with E-state index in [2.05, 4.69) is 11.8 Å². The van der Waals surface area contributed by atoms with Gasteiger partial charge >= 0.3 is 0 Å². The van der Waals surface area contributed by atoms with E-state index in [-0.39, 0.29) is 11.9 Å². The first-order valence-electron chi connectivity index (χ1n) is 6.92. The molecule has 1 aromatic carbocycles. The molecule has 0 spiro atoms. The molecule has 18 heavy (non-hydrogen) atoms. The van der Waals surface area contributed by atoms with Crippen molar-refractivity contribution in [3.8, 4) is 0 Å². The van der Waals surface area contributed by atoms with Crippen molar-refractivity contribution < 1.29 is 4.39 Å². The summed E-state index contributed by atoms with van der Waals surface area (Å²) < 4.78 is 13.4. The number of nitrogens with two attached hydrogens (primary N) is 1. The lowest BCUT2D eigenvalue weighted by Gasteiger charge is -2.28. The molecule has 0 amide bonds. The van der Waals surface area contributed by atoms with Gasteiger partial charge < -0.3 is 10.6 Å². The topological polar surface area (TPSA) is 29.3 Å². The van der Waals surface area contributed by atoms with Gasteiger partial charge in [0.25, 0.3) is 0 Å². The predicted octanol–water partition coefficient (Wildman–Crippen LogP) is 3.09. The van der Waals surface area contributed by atoms with E-state index in [0.29, 0.717) is 6.04 Å². The number of anilines is 1. The van der Waals surface area contributed by atoms with Gasteiger partial charge in [0.15, 0.2) is 0 Å². The third-order valence-corrected chi connectivity index (χ3v) is 3.74. The van der Waals surface area contributed by atoms with Crippen LogP contribution in [0.3, 0.4) is 0 Å². The van der Waals surface area contributed by atoms with Crippen molar-refractivity contribution in [2.75, 3.05) is 11.4 Å². The molecular formula is C15H23FN2. The zero-order valence-corrected chi connectivity index (χ0v) is 11.3. The number of halogens is 1. The van der Waals surface area contributed by atoms with Crippen LogP contribution in [0.15, 0.2) is 18.2 Å². The maximum Gasteiger partial charge on any atom is 0.123 e. The molecule has 2 N–H and O–H groups in total. The van der Waals surface area contributed by atoms with Gasteiger partial charge in [-0.1, -0.05) is 6.92 Å². The minimum Gasteiger partial charge on any atom is -0.368 e. The molecule has 3 heteroatoms. The quantitative estimate of drug-likeness (QED) is 0.889. The zero-order valence-electron chi connectivity index (χ0n) is 11.3. The maximum atomic E-state index is 13.4. The SMILES string of the molecule is CCC1CCCN1c1ccc(F)cc1CC(C)N. The monoisotopic (exact) mass is 250 g/mol. The lowest BCUT2D eigenvalue weighted by atomic mass is 10.0. The van der Waals surface area contributed by atoms with E-state index in [1.807, 2.05) is 13.0 Å². The maximum absolute atomic E-state index is 13.4. The van der Waals surface area contributed by atoms with Crippen LogP contribution >= 0.6 is 0 Å². The van der Waals surface area contributed by atoms with Gasteiger partial charge in [0.05, 0.1) is 0 Å². The molecule has 0 saturated carbocycles. The molecular weight excluding hydrogens is 227 g/mol. The van der Waals surface area contributed by atoms with E-state index >= 15 is 0 Å². The van der Waals surface area contributed by atoms with Crippen LogP contribution in [0.25, 0.3) is 0 Å². The Labute approximate surface area is 109 Å². The highest BCUT2D eigenvalue weighted by Crippen LogP contribution is 2.31. The summed E-state index contributed by atoms with van der Waals surface area (Å²) in [5.74, 6) is -0.165.